The van der Waals surface area contributed by atoms with Crippen LogP contribution in [0.3, 0.4) is 0 Å². The lowest BCUT2D eigenvalue weighted by molar-refractivity contribution is 0.271. The molecule has 1 rings (SSSR count). The lowest BCUT2D eigenvalue weighted by atomic mass is 10.4. The third-order valence-corrected chi connectivity index (χ3v) is 0.608. The molecule has 0 aromatic heterocycles. The Bertz CT molecular complexity index is 119. The van der Waals surface area contributed by atoms with Crippen molar-refractivity contribution in [2.45, 2.75) is 6.42 Å². The minimum absolute atomic E-state index is 0.865. The molecule has 0 bridgehead atoms. The van der Waals surface area contributed by atoms with Crippen LogP contribution in [-0.2, 0) is 4.84 Å². The minimum atomic E-state index is 0.865. The molecule has 0 saturated carbocycles. The average Bonchev–Trinajstić information content (AvgIpc) is 1.90. The zero-order valence-corrected chi connectivity index (χ0v) is 3.79. The van der Waals surface area contributed by atoms with E-state index in [0.717, 1.165) is 6.42 Å². The molecule has 0 saturated heterocycles. The van der Waals surface area contributed by atoms with E-state index in [1.165, 1.54) is 6.26 Å². The third-order valence-electron chi connectivity index (χ3n) is 0.608. The van der Waals surface area contributed by atoms with Crippen LogP contribution in [0.5, 0.6) is 0 Å². The Kier molecular flexibility index (Phi) is 1.31. The first-order valence-corrected chi connectivity index (χ1v) is 2.08. The highest BCUT2D eigenvalue weighted by Gasteiger charge is 1.73. The average molecular weight is 95.1 g/mol. The summed E-state index contributed by atoms with van der Waals surface area (Å²) in [6.45, 7) is 0. The summed E-state index contributed by atoms with van der Waals surface area (Å²) >= 11 is 0. The van der Waals surface area contributed by atoms with Crippen molar-refractivity contribution in [3.63, 3.8) is 0 Å². The van der Waals surface area contributed by atoms with Crippen LogP contribution in [0.15, 0.2) is 23.6 Å². The molecular formula is C5H5NO. The molecule has 36 valence electrons. The fourth-order valence-corrected chi connectivity index (χ4v) is 0.317. The van der Waals surface area contributed by atoms with Crippen LogP contribution < -0.4 is 0 Å². The highest BCUT2D eigenvalue weighted by atomic mass is 16.6. The number of rotatable bonds is 0. The Labute approximate surface area is 41.8 Å². The highest BCUT2D eigenvalue weighted by Crippen LogP contribution is 1.87. The van der Waals surface area contributed by atoms with Gasteiger partial charge in [-0.2, -0.15) is 0 Å². The van der Waals surface area contributed by atoms with Crippen LogP contribution in [-0.4, -0.2) is 5.87 Å². The molecule has 1 aliphatic heterocycles. The van der Waals surface area contributed by atoms with Gasteiger partial charge in [0.05, 0.1) is 0 Å². The molecule has 0 fully saturated rings. The Hall–Kier alpha value is -1.01. The van der Waals surface area contributed by atoms with E-state index in [1.54, 1.807) is 6.08 Å². The molecule has 2 heteroatoms. The van der Waals surface area contributed by atoms with E-state index in [2.05, 4.69) is 15.9 Å². The Morgan fingerprint density at radius 3 is 3.71 bits per heavy atom. The van der Waals surface area contributed by atoms with Gasteiger partial charge in [-0.05, 0) is 23.7 Å². The van der Waals surface area contributed by atoms with Crippen LogP contribution >= 0.6 is 0 Å². The fourth-order valence-electron chi connectivity index (χ4n) is 0.317. The zero-order chi connectivity index (χ0) is 4.95. The van der Waals surface area contributed by atoms with Crippen molar-refractivity contribution >= 4 is 5.87 Å². The van der Waals surface area contributed by atoms with E-state index in [-0.39, 0.29) is 0 Å². The molecule has 0 atom stereocenters. The fraction of sp³-hybridized carbons (Fsp3) is 0.200. The molecule has 0 N–H and O–H groups in total. The summed E-state index contributed by atoms with van der Waals surface area (Å²) in [5.74, 6) is 2.56. The minimum Gasteiger partial charge on any atom is -0.357 e. The second-order valence-electron chi connectivity index (χ2n) is 1.14. The topological polar surface area (TPSA) is 21.6 Å². The maximum Gasteiger partial charge on any atom is 0.119 e. The molecule has 0 unspecified atom stereocenters. The lowest BCUT2D eigenvalue weighted by Gasteiger charge is -1.75. The molecule has 7 heavy (non-hydrogen) atoms. The third kappa shape index (κ3) is 1.24. The Morgan fingerprint density at radius 1 is 1.71 bits per heavy atom. The molecule has 0 spiro atoms. The Balaban J connectivity index is 2.60. The summed E-state index contributed by atoms with van der Waals surface area (Å²) in [6.07, 6.45) is 6.06. The quantitative estimate of drug-likeness (QED) is 0.441. The summed E-state index contributed by atoms with van der Waals surface area (Å²) in [4.78, 5) is 4.50. The monoisotopic (exact) mass is 95.0 g/mol. The van der Waals surface area contributed by atoms with E-state index in [1.807, 2.05) is 6.08 Å². The summed E-state index contributed by atoms with van der Waals surface area (Å²) in [6, 6.07) is 0. The number of nitrogens with zero attached hydrogens (tertiary/aromatic N) is 1. The van der Waals surface area contributed by atoms with Gasteiger partial charge in [-0.1, -0.05) is 0 Å². The first-order valence-electron chi connectivity index (χ1n) is 2.08. The van der Waals surface area contributed by atoms with Gasteiger partial charge in [0.2, 0.25) is 0 Å². The number of hydrogen-bond acceptors (Lipinski definition) is 2. The van der Waals surface area contributed by atoms with Gasteiger partial charge in [0.25, 0.3) is 0 Å². The van der Waals surface area contributed by atoms with Gasteiger partial charge in [0.15, 0.2) is 0 Å². The molecule has 0 radical (unpaired) electrons. The van der Waals surface area contributed by atoms with E-state index in [4.69, 9.17) is 0 Å². The van der Waals surface area contributed by atoms with Crippen molar-refractivity contribution in [2.75, 3.05) is 0 Å². The summed E-state index contributed by atoms with van der Waals surface area (Å²) in [5, 5.41) is 3.38. The first kappa shape index (κ1) is 4.16. The zero-order valence-electron chi connectivity index (χ0n) is 3.79. The van der Waals surface area contributed by atoms with Crippen molar-refractivity contribution in [1.82, 2.24) is 0 Å². The van der Waals surface area contributed by atoms with Gasteiger partial charge in [0, 0.05) is 5.87 Å². The standard InChI is InChI=1S/C5H5NO/c1-2-4-6-7-5-3-1/h2-3,5H,1H2. The summed E-state index contributed by atoms with van der Waals surface area (Å²) in [5.41, 5.74) is 0. The highest BCUT2D eigenvalue weighted by molar-refractivity contribution is 5.51. The Morgan fingerprint density at radius 2 is 2.71 bits per heavy atom. The van der Waals surface area contributed by atoms with Gasteiger partial charge < -0.3 is 4.84 Å². The van der Waals surface area contributed by atoms with Crippen molar-refractivity contribution < 1.29 is 4.84 Å². The van der Waals surface area contributed by atoms with Crippen LogP contribution in [0, 0.1) is 0 Å². The normalized spacial score (nSPS) is 16.0. The maximum atomic E-state index is 4.50. The van der Waals surface area contributed by atoms with Gasteiger partial charge in [-0.15, -0.1) is 0 Å². The van der Waals surface area contributed by atoms with Crippen LogP contribution in [0.4, 0.5) is 0 Å². The second kappa shape index (κ2) is 2.21. The van der Waals surface area contributed by atoms with Gasteiger partial charge in [-0.3, -0.25) is 0 Å². The van der Waals surface area contributed by atoms with Crippen molar-refractivity contribution in [3.05, 3.63) is 18.4 Å². The number of allylic oxidation sites excluding steroid dienone is 2. The van der Waals surface area contributed by atoms with E-state index in [9.17, 15) is 0 Å². The van der Waals surface area contributed by atoms with Crippen molar-refractivity contribution in [1.29, 1.82) is 0 Å². The van der Waals surface area contributed by atoms with E-state index >= 15 is 0 Å². The molecule has 1 aliphatic rings. The SMILES string of the molecule is C1=CCC=CON=1. The van der Waals surface area contributed by atoms with E-state index < -0.39 is 0 Å². The smallest absolute Gasteiger partial charge is 0.119 e. The molecule has 1 heterocycles. The molecule has 0 amide bonds. The predicted octanol–water partition coefficient (Wildman–Crippen LogP) is 1.06. The largest absolute Gasteiger partial charge is 0.357 e. The first-order chi connectivity index (χ1) is 3.50. The van der Waals surface area contributed by atoms with Crippen LogP contribution in [0.2, 0.25) is 0 Å². The maximum absolute atomic E-state index is 4.50. The van der Waals surface area contributed by atoms with E-state index in [0.29, 0.717) is 0 Å². The van der Waals surface area contributed by atoms with Crippen molar-refractivity contribution in [2.24, 2.45) is 5.16 Å². The van der Waals surface area contributed by atoms with Gasteiger partial charge in [-0.25, -0.2) is 0 Å². The molecule has 0 aromatic rings. The van der Waals surface area contributed by atoms with Crippen LogP contribution in [0.25, 0.3) is 0 Å². The summed E-state index contributed by atoms with van der Waals surface area (Å²) < 4.78 is 0. The lowest BCUT2D eigenvalue weighted by Crippen LogP contribution is -1.57. The molecular weight excluding hydrogens is 90.1 g/mol. The second-order valence-corrected chi connectivity index (χ2v) is 1.14. The van der Waals surface area contributed by atoms with Crippen molar-refractivity contribution in [3.8, 4) is 0 Å². The predicted molar refractivity (Wildman–Crippen MR) is 26.8 cm³/mol. The molecule has 2 nitrogen and oxygen atoms in total. The van der Waals surface area contributed by atoms with Gasteiger partial charge >= 0.3 is 0 Å². The molecule has 0 aliphatic carbocycles. The summed E-state index contributed by atoms with van der Waals surface area (Å²) in [7, 11) is 0. The van der Waals surface area contributed by atoms with Gasteiger partial charge in [0.1, 0.15) is 6.26 Å². The molecule has 0 aromatic carbocycles. The van der Waals surface area contributed by atoms with Crippen LogP contribution in [0.1, 0.15) is 6.42 Å². The number of hydrogen-bond donors (Lipinski definition) is 0.